The molecule has 6 nitrogen and oxygen atoms in total. The van der Waals surface area contributed by atoms with Gasteiger partial charge in [-0.15, -0.1) is 0 Å². The number of likely N-dealkylation sites (tertiary alicyclic amines) is 1. The summed E-state index contributed by atoms with van der Waals surface area (Å²) in [5.41, 5.74) is 0.294. The van der Waals surface area contributed by atoms with Gasteiger partial charge in [-0.2, -0.15) is 4.31 Å². The fourth-order valence-corrected chi connectivity index (χ4v) is 5.90. The van der Waals surface area contributed by atoms with Gasteiger partial charge in [-0.25, -0.2) is 13.2 Å². The molecule has 2 saturated heterocycles. The van der Waals surface area contributed by atoms with Gasteiger partial charge in [0.2, 0.25) is 10.0 Å². The second kappa shape index (κ2) is 8.29. The molecule has 0 amide bonds. The van der Waals surface area contributed by atoms with E-state index in [1.54, 1.807) is 22.5 Å². The monoisotopic (exact) mass is 394 g/mol. The fraction of sp³-hybridized carbons (Fsp3) is 0.650. The van der Waals surface area contributed by atoms with E-state index in [1.165, 1.54) is 6.07 Å². The van der Waals surface area contributed by atoms with Crippen molar-refractivity contribution in [3.05, 3.63) is 29.8 Å². The van der Waals surface area contributed by atoms with Gasteiger partial charge in [-0.1, -0.05) is 19.9 Å². The first-order chi connectivity index (χ1) is 12.8. The van der Waals surface area contributed by atoms with Crippen molar-refractivity contribution in [3.8, 4) is 0 Å². The molecule has 2 fully saturated rings. The number of esters is 1. The van der Waals surface area contributed by atoms with Gasteiger partial charge in [0.1, 0.15) is 6.10 Å². The first kappa shape index (κ1) is 20.3. The van der Waals surface area contributed by atoms with Crippen molar-refractivity contribution in [2.45, 2.75) is 44.1 Å². The average molecular weight is 395 g/mol. The largest absolute Gasteiger partial charge is 0.457 e. The van der Waals surface area contributed by atoms with Crippen LogP contribution in [-0.4, -0.2) is 62.9 Å². The van der Waals surface area contributed by atoms with E-state index in [1.807, 2.05) is 7.05 Å². The molecule has 7 heteroatoms. The number of hydrogen-bond donors (Lipinski definition) is 0. The highest BCUT2D eigenvalue weighted by Crippen LogP contribution is 2.27. The van der Waals surface area contributed by atoms with Crippen LogP contribution in [-0.2, 0) is 14.8 Å². The number of carbonyl (C=O) groups is 1. The average Bonchev–Trinajstić information content (AvgIpc) is 2.61. The quantitative estimate of drug-likeness (QED) is 0.735. The van der Waals surface area contributed by atoms with Gasteiger partial charge in [0.25, 0.3) is 0 Å². The van der Waals surface area contributed by atoms with Gasteiger partial charge in [0, 0.05) is 19.6 Å². The summed E-state index contributed by atoms with van der Waals surface area (Å²) >= 11 is 0. The lowest BCUT2D eigenvalue weighted by Crippen LogP contribution is -2.42. The maximum Gasteiger partial charge on any atom is 0.338 e. The zero-order chi connectivity index (χ0) is 19.6. The standard InChI is InChI=1S/C20H30N2O4S/c1-15-10-16(2)13-22(12-15)27(24,25)19-8-4-6-17(11-19)20(23)26-18-7-5-9-21(3)14-18/h4,6,8,11,15-16,18H,5,7,9-10,12-14H2,1-3H3/t15-,16-,18+/m1/s1. The third-order valence-corrected chi connectivity index (χ3v) is 7.23. The molecule has 1 aromatic carbocycles. The zero-order valence-electron chi connectivity index (χ0n) is 16.4. The first-order valence-corrected chi connectivity index (χ1v) is 11.2. The van der Waals surface area contributed by atoms with E-state index in [2.05, 4.69) is 18.7 Å². The fourth-order valence-electron chi connectivity index (χ4n) is 4.17. The minimum atomic E-state index is -3.61. The molecule has 0 spiro atoms. The van der Waals surface area contributed by atoms with E-state index in [-0.39, 0.29) is 11.0 Å². The maximum atomic E-state index is 13.1. The van der Waals surface area contributed by atoms with Crippen molar-refractivity contribution in [1.29, 1.82) is 0 Å². The summed E-state index contributed by atoms with van der Waals surface area (Å²) in [6.07, 6.45) is 2.74. The van der Waals surface area contributed by atoms with Gasteiger partial charge < -0.3 is 9.64 Å². The Balaban J connectivity index is 1.75. The van der Waals surface area contributed by atoms with Crippen LogP contribution in [0.1, 0.15) is 43.5 Å². The number of ether oxygens (including phenoxy) is 1. The van der Waals surface area contributed by atoms with Gasteiger partial charge in [0.05, 0.1) is 10.5 Å². The molecule has 0 aromatic heterocycles. The molecular formula is C20H30N2O4S. The van der Waals surface area contributed by atoms with E-state index >= 15 is 0 Å². The number of likely N-dealkylation sites (N-methyl/N-ethyl adjacent to an activating group) is 1. The Morgan fingerprint density at radius 3 is 2.52 bits per heavy atom. The summed E-state index contributed by atoms with van der Waals surface area (Å²) in [5.74, 6) is 0.215. The number of hydrogen-bond acceptors (Lipinski definition) is 5. The smallest absolute Gasteiger partial charge is 0.338 e. The van der Waals surface area contributed by atoms with Crippen molar-refractivity contribution < 1.29 is 17.9 Å². The van der Waals surface area contributed by atoms with Crippen LogP contribution in [0.4, 0.5) is 0 Å². The summed E-state index contributed by atoms with van der Waals surface area (Å²) in [4.78, 5) is 14.8. The summed E-state index contributed by atoms with van der Waals surface area (Å²) in [6, 6.07) is 6.25. The third kappa shape index (κ3) is 4.89. The van der Waals surface area contributed by atoms with E-state index in [9.17, 15) is 13.2 Å². The molecule has 1 aromatic rings. The molecule has 0 bridgehead atoms. The molecule has 150 valence electrons. The molecule has 0 radical (unpaired) electrons. The predicted octanol–water partition coefficient (Wildman–Crippen LogP) is 2.60. The Bertz CT molecular complexity index is 770. The molecule has 0 N–H and O–H groups in total. The highest BCUT2D eigenvalue weighted by atomic mass is 32.2. The van der Waals surface area contributed by atoms with Gasteiger partial charge in [-0.05, 0) is 62.9 Å². The van der Waals surface area contributed by atoms with Crippen LogP contribution in [0.3, 0.4) is 0 Å². The first-order valence-electron chi connectivity index (χ1n) is 9.75. The lowest BCUT2D eigenvalue weighted by Gasteiger charge is -2.34. The highest BCUT2D eigenvalue weighted by molar-refractivity contribution is 7.89. The van der Waals surface area contributed by atoms with Crippen molar-refractivity contribution in [2.24, 2.45) is 11.8 Å². The van der Waals surface area contributed by atoms with Crippen LogP contribution in [0, 0.1) is 11.8 Å². The molecule has 0 unspecified atom stereocenters. The van der Waals surface area contributed by atoms with Crippen LogP contribution in [0.25, 0.3) is 0 Å². The second-order valence-electron chi connectivity index (χ2n) is 8.23. The molecule has 0 saturated carbocycles. The normalized spacial score (nSPS) is 28.0. The number of nitrogens with zero attached hydrogens (tertiary/aromatic N) is 2. The highest BCUT2D eigenvalue weighted by Gasteiger charge is 2.32. The number of benzene rings is 1. The van der Waals surface area contributed by atoms with Crippen LogP contribution in [0.2, 0.25) is 0 Å². The van der Waals surface area contributed by atoms with Gasteiger partial charge >= 0.3 is 5.97 Å². The summed E-state index contributed by atoms with van der Waals surface area (Å²) in [7, 11) is -1.60. The van der Waals surface area contributed by atoms with Gasteiger partial charge in [0.15, 0.2) is 0 Å². The lowest BCUT2D eigenvalue weighted by atomic mass is 9.94. The Kier molecular flexibility index (Phi) is 6.23. The molecule has 2 heterocycles. The minimum absolute atomic E-state index is 0.139. The molecule has 2 aliphatic rings. The number of rotatable bonds is 4. The molecule has 27 heavy (non-hydrogen) atoms. The third-order valence-electron chi connectivity index (χ3n) is 5.40. The Labute approximate surface area is 162 Å². The molecule has 3 atom stereocenters. The van der Waals surface area contributed by atoms with Crippen molar-refractivity contribution in [1.82, 2.24) is 9.21 Å². The zero-order valence-corrected chi connectivity index (χ0v) is 17.2. The van der Waals surface area contributed by atoms with Crippen LogP contribution in [0.15, 0.2) is 29.2 Å². The Morgan fingerprint density at radius 1 is 1.15 bits per heavy atom. The number of piperidine rings is 2. The van der Waals surface area contributed by atoms with Crippen molar-refractivity contribution >= 4 is 16.0 Å². The Hall–Kier alpha value is -1.44. The molecule has 3 rings (SSSR count). The lowest BCUT2D eigenvalue weighted by molar-refractivity contribution is 0.0108. The minimum Gasteiger partial charge on any atom is -0.457 e. The number of sulfonamides is 1. The van der Waals surface area contributed by atoms with Crippen LogP contribution in [0.5, 0.6) is 0 Å². The Morgan fingerprint density at radius 2 is 1.85 bits per heavy atom. The van der Waals surface area contributed by atoms with E-state index in [0.717, 1.165) is 25.8 Å². The topological polar surface area (TPSA) is 66.9 Å². The van der Waals surface area contributed by atoms with E-state index in [0.29, 0.717) is 37.0 Å². The van der Waals surface area contributed by atoms with Gasteiger partial charge in [-0.3, -0.25) is 0 Å². The van der Waals surface area contributed by atoms with Crippen LogP contribution >= 0.6 is 0 Å². The summed E-state index contributed by atoms with van der Waals surface area (Å²) in [5, 5.41) is 0. The van der Waals surface area contributed by atoms with Crippen molar-refractivity contribution in [2.75, 3.05) is 33.2 Å². The van der Waals surface area contributed by atoms with Crippen LogP contribution < -0.4 is 0 Å². The second-order valence-corrected chi connectivity index (χ2v) is 10.2. The van der Waals surface area contributed by atoms with Crippen molar-refractivity contribution in [3.63, 3.8) is 0 Å². The number of carbonyl (C=O) groups excluding carboxylic acids is 1. The molecule has 2 aliphatic heterocycles. The maximum absolute atomic E-state index is 13.1. The van der Waals surface area contributed by atoms with E-state index < -0.39 is 16.0 Å². The SMILES string of the molecule is C[C@@H]1C[C@@H](C)CN(S(=O)(=O)c2cccc(C(=O)O[C@H]3CCCN(C)C3)c2)C1. The summed E-state index contributed by atoms with van der Waals surface area (Å²) < 4.78 is 33.3. The predicted molar refractivity (Wildman–Crippen MR) is 104 cm³/mol. The summed E-state index contributed by atoms with van der Waals surface area (Å²) in [6.45, 7) is 6.92. The van der Waals surface area contributed by atoms with E-state index in [4.69, 9.17) is 4.74 Å². The molecule has 0 aliphatic carbocycles. The molecular weight excluding hydrogens is 364 g/mol.